The van der Waals surface area contributed by atoms with Crippen LogP contribution in [0.5, 0.6) is 0 Å². The van der Waals surface area contributed by atoms with Gasteiger partial charge in [0, 0.05) is 15.6 Å². The summed E-state index contributed by atoms with van der Waals surface area (Å²) in [6.07, 6.45) is 2.82. The summed E-state index contributed by atoms with van der Waals surface area (Å²) in [7, 11) is 0. The predicted molar refractivity (Wildman–Crippen MR) is 84.4 cm³/mol. The highest BCUT2D eigenvalue weighted by Gasteiger charge is 2.34. The van der Waals surface area contributed by atoms with Crippen LogP contribution in [0.1, 0.15) is 18.9 Å². The van der Waals surface area contributed by atoms with Crippen molar-refractivity contribution in [3.05, 3.63) is 46.5 Å². The molecule has 0 aliphatic heterocycles. The van der Waals surface area contributed by atoms with Crippen LogP contribution >= 0.6 is 23.2 Å². The lowest BCUT2D eigenvalue weighted by atomic mass is 9.90. The Balaban J connectivity index is 2.37. The molecule has 2 N–H and O–H groups in total. The van der Waals surface area contributed by atoms with Crippen molar-refractivity contribution in [1.82, 2.24) is 14.8 Å². The van der Waals surface area contributed by atoms with Crippen LogP contribution in [0.3, 0.4) is 0 Å². The SMILES string of the molecule is CCOC(=N)CC(O)(Cn1cncn1)c1ccc(Cl)cc1Cl. The minimum absolute atomic E-state index is 0.0314. The standard InChI is InChI=1S/C14H16Cl2N4O2/c1-2-22-13(17)6-14(21,7-20-9-18-8-19-20)11-4-3-10(15)5-12(11)16/h3-5,8-9,17,21H,2,6-7H2,1H3. The van der Waals surface area contributed by atoms with Gasteiger partial charge in [-0.25, -0.2) is 9.67 Å². The van der Waals surface area contributed by atoms with Gasteiger partial charge in [0.25, 0.3) is 0 Å². The van der Waals surface area contributed by atoms with E-state index < -0.39 is 5.60 Å². The first-order valence-electron chi connectivity index (χ1n) is 6.65. The second kappa shape index (κ2) is 7.09. The third kappa shape index (κ3) is 3.97. The first-order chi connectivity index (χ1) is 10.4. The number of nitrogens with one attached hydrogen (secondary N) is 1. The van der Waals surface area contributed by atoms with Crippen molar-refractivity contribution in [1.29, 1.82) is 5.41 Å². The lowest BCUT2D eigenvalue weighted by Gasteiger charge is -2.29. The van der Waals surface area contributed by atoms with Gasteiger partial charge in [-0.05, 0) is 19.1 Å². The third-order valence-corrected chi connectivity index (χ3v) is 3.64. The van der Waals surface area contributed by atoms with Gasteiger partial charge in [0.15, 0.2) is 5.90 Å². The van der Waals surface area contributed by atoms with E-state index in [1.165, 1.54) is 17.3 Å². The van der Waals surface area contributed by atoms with Gasteiger partial charge >= 0.3 is 0 Å². The first kappa shape index (κ1) is 16.7. The van der Waals surface area contributed by atoms with Crippen molar-refractivity contribution in [2.75, 3.05) is 6.61 Å². The Morgan fingerprint density at radius 1 is 1.45 bits per heavy atom. The van der Waals surface area contributed by atoms with Gasteiger partial charge in [-0.1, -0.05) is 29.3 Å². The van der Waals surface area contributed by atoms with E-state index in [1.54, 1.807) is 25.1 Å². The zero-order valence-corrected chi connectivity index (χ0v) is 13.5. The van der Waals surface area contributed by atoms with Crippen LogP contribution in [0.15, 0.2) is 30.9 Å². The van der Waals surface area contributed by atoms with Crippen molar-refractivity contribution < 1.29 is 9.84 Å². The maximum atomic E-state index is 11.1. The van der Waals surface area contributed by atoms with Gasteiger partial charge in [-0.15, -0.1) is 0 Å². The van der Waals surface area contributed by atoms with Crippen molar-refractivity contribution in [3.8, 4) is 0 Å². The lowest BCUT2D eigenvalue weighted by Crippen LogP contribution is -2.35. The molecule has 6 nitrogen and oxygen atoms in total. The lowest BCUT2D eigenvalue weighted by molar-refractivity contribution is 0.0168. The second-order valence-electron chi connectivity index (χ2n) is 4.78. The largest absolute Gasteiger partial charge is 0.481 e. The molecule has 8 heteroatoms. The predicted octanol–water partition coefficient (Wildman–Crippen LogP) is 2.88. The Hall–Kier alpha value is -1.63. The summed E-state index contributed by atoms with van der Waals surface area (Å²) in [5.74, 6) is -0.0314. The number of benzene rings is 1. The van der Waals surface area contributed by atoms with Gasteiger partial charge in [0.05, 0.1) is 19.6 Å². The van der Waals surface area contributed by atoms with E-state index in [-0.39, 0.29) is 18.9 Å². The molecule has 0 radical (unpaired) electrons. The highest BCUT2D eigenvalue weighted by atomic mass is 35.5. The summed E-state index contributed by atoms with van der Waals surface area (Å²) >= 11 is 12.1. The fourth-order valence-electron chi connectivity index (χ4n) is 2.18. The Labute approximate surface area is 138 Å². The van der Waals surface area contributed by atoms with Crippen LogP contribution in [0.2, 0.25) is 10.0 Å². The number of halogens is 2. The summed E-state index contributed by atoms with van der Waals surface area (Å²) in [5, 5.41) is 23.7. The average Bonchev–Trinajstić information content (AvgIpc) is 2.90. The minimum atomic E-state index is -1.46. The number of nitrogens with zero attached hydrogens (tertiary/aromatic N) is 3. The quantitative estimate of drug-likeness (QED) is 0.624. The van der Waals surface area contributed by atoms with Crippen molar-refractivity contribution >= 4 is 29.1 Å². The molecule has 1 unspecified atom stereocenters. The van der Waals surface area contributed by atoms with Crippen LogP contribution in [0, 0.1) is 5.41 Å². The topological polar surface area (TPSA) is 84.0 Å². The monoisotopic (exact) mass is 342 g/mol. The molecule has 0 aliphatic rings. The van der Waals surface area contributed by atoms with Crippen LogP contribution in [-0.2, 0) is 16.9 Å². The molecule has 0 saturated carbocycles. The summed E-state index contributed by atoms with van der Waals surface area (Å²) < 4.78 is 6.63. The fourth-order valence-corrected chi connectivity index (χ4v) is 2.76. The zero-order chi connectivity index (χ0) is 16.2. The highest BCUT2D eigenvalue weighted by molar-refractivity contribution is 6.35. The molecule has 1 aromatic carbocycles. The number of ether oxygens (including phenoxy) is 1. The summed E-state index contributed by atoms with van der Waals surface area (Å²) in [5.41, 5.74) is -1.000. The average molecular weight is 343 g/mol. The van der Waals surface area contributed by atoms with Crippen LogP contribution in [0.4, 0.5) is 0 Å². The maximum absolute atomic E-state index is 11.1. The molecule has 0 saturated heterocycles. The summed E-state index contributed by atoms with van der Waals surface area (Å²) in [4.78, 5) is 3.85. The number of aliphatic hydroxyl groups is 1. The van der Waals surface area contributed by atoms with E-state index in [1.807, 2.05) is 0 Å². The molecule has 2 aromatic rings. The second-order valence-corrected chi connectivity index (χ2v) is 5.63. The summed E-state index contributed by atoms with van der Waals surface area (Å²) in [6.45, 7) is 2.22. The van der Waals surface area contributed by atoms with E-state index in [9.17, 15) is 5.11 Å². The molecular formula is C14H16Cl2N4O2. The zero-order valence-electron chi connectivity index (χ0n) is 12.0. The Kier molecular flexibility index (Phi) is 5.39. The van der Waals surface area contributed by atoms with E-state index in [4.69, 9.17) is 33.3 Å². The molecule has 1 heterocycles. The number of hydrogen-bond acceptors (Lipinski definition) is 5. The number of rotatable bonds is 6. The van der Waals surface area contributed by atoms with Crippen molar-refractivity contribution in [2.45, 2.75) is 25.5 Å². The molecule has 1 atom stereocenters. The molecule has 118 valence electrons. The van der Waals surface area contributed by atoms with E-state index in [2.05, 4.69) is 10.1 Å². The van der Waals surface area contributed by atoms with Crippen molar-refractivity contribution in [2.24, 2.45) is 0 Å². The number of aromatic nitrogens is 3. The highest BCUT2D eigenvalue weighted by Crippen LogP contribution is 2.34. The Morgan fingerprint density at radius 3 is 2.82 bits per heavy atom. The molecule has 0 spiro atoms. The maximum Gasteiger partial charge on any atom is 0.183 e. The number of hydrogen-bond donors (Lipinski definition) is 2. The molecule has 22 heavy (non-hydrogen) atoms. The van der Waals surface area contributed by atoms with Gasteiger partial charge in [0.1, 0.15) is 18.3 Å². The normalized spacial score (nSPS) is 13.6. The summed E-state index contributed by atoms with van der Waals surface area (Å²) in [6, 6.07) is 4.83. The molecular weight excluding hydrogens is 327 g/mol. The molecule has 1 aromatic heterocycles. The van der Waals surface area contributed by atoms with Gasteiger partial charge < -0.3 is 9.84 Å². The van der Waals surface area contributed by atoms with Crippen molar-refractivity contribution in [3.63, 3.8) is 0 Å². The molecule has 0 aliphatic carbocycles. The fraction of sp³-hybridized carbons (Fsp3) is 0.357. The smallest absolute Gasteiger partial charge is 0.183 e. The molecule has 2 rings (SSSR count). The molecule has 0 amide bonds. The Morgan fingerprint density at radius 2 is 2.23 bits per heavy atom. The first-order valence-corrected chi connectivity index (χ1v) is 7.41. The van der Waals surface area contributed by atoms with Gasteiger partial charge in [-0.2, -0.15) is 5.10 Å². The minimum Gasteiger partial charge on any atom is -0.481 e. The van der Waals surface area contributed by atoms with E-state index in [0.29, 0.717) is 22.2 Å². The molecule has 0 bridgehead atoms. The van der Waals surface area contributed by atoms with E-state index in [0.717, 1.165) is 0 Å². The van der Waals surface area contributed by atoms with Crippen LogP contribution in [0.25, 0.3) is 0 Å². The third-order valence-electron chi connectivity index (χ3n) is 3.09. The molecule has 0 fully saturated rings. The van der Waals surface area contributed by atoms with Crippen LogP contribution in [-0.4, -0.2) is 32.4 Å². The Bertz CT molecular complexity index is 648. The van der Waals surface area contributed by atoms with E-state index >= 15 is 0 Å². The van der Waals surface area contributed by atoms with Gasteiger partial charge in [-0.3, -0.25) is 5.41 Å². The van der Waals surface area contributed by atoms with Gasteiger partial charge in [0.2, 0.25) is 0 Å². The van der Waals surface area contributed by atoms with Crippen LogP contribution < -0.4 is 0 Å².